The lowest BCUT2D eigenvalue weighted by molar-refractivity contribution is -0.123. The summed E-state index contributed by atoms with van der Waals surface area (Å²) in [5.74, 6) is -0.208. The number of imide groups is 1. The van der Waals surface area contributed by atoms with E-state index in [-0.39, 0.29) is 17.4 Å². The molecule has 5 nitrogen and oxygen atoms in total. The molecule has 2 aromatic rings. The van der Waals surface area contributed by atoms with Crippen LogP contribution in [0, 0.1) is 0 Å². The second kappa shape index (κ2) is 6.24. The SMILES string of the molecule is CC(C)(C)c1ccc(N2C(=O)N(Cc3ccncc3)C(C)(C)C2=O)cc1. The summed E-state index contributed by atoms with van der Waals surface area (Å²) in [4.78, 5) is 32.9. The summed E-state index contributed by atoms with van der Waals surface area (Å²) >= 11 is 0. The van der Waals surface area contributed by atoms with Crippen LogP contribution in [0.25, 0.3) is 0 Å². The number of urea groups is 1. The Bertz CT molecular complexity index is 821. The molecule has 0 atom stereocenters. The number of hydrogen-bond acceptors (Lipinski definition) is 3. The molecule has 3 rings (SSSR count). The van der Waals surface area contributed by atoms with Crippen molar-refractivity contribution in [1.82, 2.24) is 9.88 Å². The van der Waals surface area contributed by atoms with Crippen molar-refractivity contribution in [3.8, 4) is 0 Å². The molecule has 1 aliphatic rings. The molecule has 0 unspecified atom stereocenters. The number of pyridine rings is 1. The molecule has 0 spiro atoms. The standard InChI is InChI=1S/C21H25N3O2/c1-20(2,3)16-6-8-17(9-7-16)24-18(25)21(4,5)23(19(24)26)14-15-10-12-22-13-11-15/h6-13H,14H2,1-5H3. The lowest BCUT2D eigenvalue weighted by Gasteiger charge is -2.27. The molecule has 1 aromatic heterocycles. The van der Waals surface area contributed by atoms with E-state index in [1.165, 1.54) is 4.90 Å². The molecule has 2 heterocycles. The molecule has 26 heavy (non-hydrogen) atoms. The summed E-state index contributed by atoms with van der Waals surface area (Å²) < 4.78 is 0. The largest absolute Gasteiger partial charge is 0.332 e. The highest BCUT2D eigenvalue weighted by molar-refractivity contribution is 6.22. The number of nitrogens with zero attached hydrogens (tertiary/aromatic N) is 3. The molecule has 1 saturated heterocycles. The third kappa shape index (κ3) is 3.09. The number of aromatic nitrogens is 1. The number of rotatable bonds is 3. The molecule has 5 heteroatoms. The minimum atomic E-state index is -0.900. The minimum absolute atomic E-state index is 0.0181. The molecule has 0 radical (unpaired) electrons. The van der Waals surface area contributed by atoms with Crippen LogP contribution in [-0.4, -0.2) is 27.4 Å². The first-order valence-electron chi connectivity index (χ1n) is 8.78. The fourth-order valence-corrected chi connectivity index (χ4v) is 3.11. The van der Waals surface area contributed by atoms with Gasteiger partial charge in [0.1, 0.15) is 5.54 Å². The van der Waals surface area contributed by atoms with E-state index in [9.17, 15) is 9.59 Å². The third-order valence-electron chi connectivity index (χ3n) is 4.91. The highest BCUT2D eigenvalue weighted by Gasteiger charge is 2.51. The smallest absolute Gasteiger partial charge is 0.305 e. The van der Waals surface area contributed by atoms with Gasteiger partial charge < -0.3 is 4.90 Å². The molecule has 136 valence electrons. The first-order chi connectivity index (χ1) is 12.1. The van der Waals surface area contributed by atoms with Gasteiger partial charge in [0.25, 0.3) is 5.91 Å². The van der Waals surface area contributed by atoms with E-state index in [1.807, 2.05) is 36.4 Å². The zero-order valence-corrected chi connectivity index (χ0v) is 16.0. The lowest BCUT2D eigenvalue weighted by atomic mass is 9.87. The molecule has 3 amide bonds. The third-order valence-corrected chi connectivity index (χ3v) is 4.91. The second-order valence-corrected chi connectivity index (χ2v) is 8.22. The zero-order chi connectivity index (χ0) is 19.1. The van der Waals surface area contributed by atoms with Crippen LogP contribution in [0.3, 0.4) is 0 Å². The predicted molar refractivity (Wildman–Crippen MR) is 102 cm³/mol. The van der Waals surface area contributed by atoms with E-state index in [4.69, 9.17) is 0 Å². The van der Waals surface area contributed by atoms with Crippen molar-refractivity contribution >= 4 is 17.6 Å². The van der Waals surface area contributed by atoms with Crippen molar-refractivity contribution in [2.75, 3.05) is 4.90 Å². The Balaban J connectivity index is 1.91. The summed E-state index contributed by atoms with van der Waals surface area (Å²) in [6.07, 6.45) is 3.38. The number of benzene rings is 1. The zero-order valence-electron chi connectivity index (χ0n) is 16.0. The Labute approximate surface area is 154 Å². The van der Waals surface area contributed by atoms with Crippen molar-refractivity contribution in [2.45, 2.75) is 52.1 Å². The maximum Gasteiger partial charge on any atom is 0.332 e. The van der Waals surface area contributed by atoms with E-state index < -0.39 is 5.54 Å². The Morgan fingerprint density at radius 1 is 0.962 bits per heavy atom. The molecule has 0 N–H and O–H groups in total. The van der Waals surface area contributed by atoms with Gasteiger partial charge in [0.2, 0.25) is 0 Å². The normalized spacial score (nSPS) is 17.1. The molecule has 0 aliphatic carbocycles. The summed E-state index contributed by atoms with van der Waals surface area (Å²) in [7, 11) is 0. The van der Waals surface area contributed by atoms with Gasteiger partial charge in [0.05, 0.1) is 5.69 Å². The Morgan fingerprint density at radius 3 is 2.08 bits per heavy atom. The summed E-state index contributed by atoms with van der Waals surface area (Å²) in [5, 5.41) is 0. The fourth-order valence-electron chi connectivity index (χ4n) is 3.11. The van der Waals surface area contributed by atoms with Gasteiger partial charge in [-0.3, -0.25) is 9.78 Å². The number of carbonyl (C=O) groups is 2. The van der Waals surface area contributed by atoms with Crippen LogP contribution in [0.2, 0.25) is 0 Å². The van der Waals surface area contributed by atoms with Crippen LogP contribution in [0.4, 0.5) is 10.5 Å². The fraction of sp³-hybridized carbons (Fsp3) is 0.381. The first kappa shape index (κ1) is 18.1. The molecule has 0 saturated carbocycles. The van der Waals surface area contributed by atoms with Crippen molar-refractivity contribution in [3.63, 3.8) is 0 Å². The van der Waals surface area contributed by atoms with Crippen LogP contribution in [0.15, 0.2) is 48.8 Å². The van der Waals surface area contributed by atoms with Gasteiger partial charge in [0.15, 0.2) is 0 Å². The highest BCUT2D eigenvalue weighted by Crippen LogP contribution is 2.34. The molecular formula is C21H25N3O2. The van der Waals surface area contributed by atoms with Gasteiger partial charge in [-0.2, -0.15) is 0 Å². The topological polar surface area (TPSA) is 53.5 Å². The molecule has 1 fully saturated rings. The number of amides is 3. The van der Waals surface area contributed by atoms with Gasteiger partial charge in [-0.05, 0) is 54.7 Å². The molecule has 0 bridgehead atoms. The second-order valence-electron chi connectivity index (χ2n) is 8.22. The highest BCUT2D eigenvalue weighted by atomic mass is 16.2. The van der Waals surface area contributed by atoms with E-state index in [2.05, 4.69) is 25.8 Å². The van der Waals surface area contributed by atoms with Crippen molar-refractivity contribution in [1.29, 1.82) is 0 Å². The minimum Gasteiger partial charge on any atom is -0.305 e. The Kier molecular flexibility index (Phi) is 4.34. The van der Waals surface area contributed by atoms with E-state index >= 15 is 0 Å². The first-order valence-corrected chi connectivity index (χ1v) is 8.78. The summed E-state index contributed by atoms with van der Waals surface area (Å²) in [6.45, 7) is 10.3. The van der Waals surface area contributed by atoms with Crippen molar-refractivity contribution < 1.29 is 9.59 Å². The summed E-state index contributed by atoms with van der Waals surface area (Å²) in [6, 6.07) is 11.1. The summed E-state index contributed by atoms with van der Waals surface area (Å²) in [5.41, 5.74) is 1.83. The van der Waals surface area contributed by atoms with Gasteiger partial charge in [0, 0.05) is 18.9 Å². The van der Waals surface area contributed by atoms with Gasteiger partial charge in [-0.1, -0.05) is 32.9 Å². The van der Waals surface area contributed by atoms with Crippen molar-refractivity contribution in [2.24, 2.45) is 0 Å². The van der Waals surface area contributed by atoms with Crippen LogP contribution < -0.4 is 4.90 Å². The Hall–Kier alpha value is -2.69. The number of carbonyl (C=O) groups excluding carboxylic acids is 2. The molecular weight excluding hydrogens is 326 g/mol. The monoisotopic (exact) mass is 351 g/mol. The maximum atomic E-state index is 13.0. The molecule has 1 aromatic carbocycles. The van der Waals surface area contributed by atoms with E-state index in [1.54, 1.807) is 31.1 Å². The average Bonchev–Trinajstić information content (AvgIpc) is 2.75. The van der Waals surface area contributed by atoms with Gasteiger partial charge in [-0.15, -0.1) is 0 Å². The van der Waals surface area contributed by atoms with Gasteiger partial charge >= 0.3 is 6.03 Å². The van der Waals surface area contributed by atoms with Crippen LogP contribution in [0.1, 0.15) is 45.7 Å². The maximum absolute atomic E-state index is 13.0. The van der Waals surface area contributed by atoms with Gasteiger partial charge in [-0.25, -0.2) is 9.69 Å². The van der Waals surface area contributed by atoms with E-state index in [0.717, 1.165) is 11.1 Å². The quantitative estimate of drug-likeness (QED) is 0.782. The average molecular weight is 351 g/mol. The predicted octanol–water partition coefficient (Wildman–Crippen LogP) is 4.13. The van der Waals surface area contributed by atoms with Crippen molar-refractivity contribution in [3.05, 3.63) is 59.9 Å². The van der Waals surface area contributed by atoms with Crippen LogP contribution in [-0.2, 0) is 16.8 Å². The lowest BCUT2D eigenvalue weighted by Crippen LogP contribution is -2.43. The molecule has 1 aliphatic heterocycles. The van der Waals surface area contributed by atoms with E-state index in [0.29, 0.717) is 12.2 Å². The van der Waals surface area contributed by atoms with Crippen LogP contribution in [0.5, 0.6) is 0 Å². The Morgan fingerprint density at radius 2 is 1.54 bits per heavy atom. The number of hydrogen-bond donors (Lipinski definition) is 0. The number of anilines is 1. The van der Waals surface area contributed by atoms with Crippen LogP contribution >= 0.6 is 0 Å².